The van der Waals surface area contributed by atoms with Crippen molar-refractivity contribution in [2.24, 2.45) is 0 Å². The molecule has 0 unspecified atom stereocenters. The monoisotopic (exact) mass is 256 g/mol. The summed E-state index contributed by atoms with van der Waals surface area (Å²) in [5, 5.41) is 17.0. The lowest BCUT2D eigenvalue weighted by Crippen LogP contribution is -2.08. The molecule has 0 bridgehead atoms. The molecule has 0 aromatic carbocycles. The van der Waals surface area contributed by atoms with Crippen molar-refractivity contribution in [3.05, 3.63) is 0 Å². The fraction of sp³-hybridized carbons (Fsp3) is 1.00. The summed E-state index contributed by atoms with van der Waals surface area (Å²) in [7, 11) is -1.81. The number of unbranched alkanes of at least 4 members (excludes halogenated alkanes) is 2. The summed E-state index contributed by atoms with van der Waals surface area (Å²) < 4.78 is 22.2. The van der Waals surface area contributed by atoms with E-state index in [1.54, 1.807) is 0 Å². The molecule has 0 aliphatic rings. The quantitative estimate of drug-likeness (QED) is 0.523. The molecular formula is C9H20O4S2. The molecule has 0 amide bonds. The first kappa shape index (κ1) is 15.2. The molecule has 0 aromatic heterocycles. The van der Waals surface area contributed by atoms with Gasteiger partial charge in [-0.15, -0.1) is 0 Å². The van der Waals surface area contributed by atoms with Crippen molar-refractivity contribution in [3.8, 4) is 0 Å². The Morgan fingerprint density at radius 1 is 0.667 bits per heavy atom. The van der Waals surface area contributed by atoms with Gasteiger partial charge in [-0.2, -0.15) is 0 Å². The third kappa shape index (κ3) is 10.5. The highest BCUT2D eigenvalue weighted by Gasteiger charge is 2.00. The second-order valence-corrected chi connectivity index (χ2v) is 6.60. The number of hydrogen-bond acceptors (Lipinski definition) is 4. The van der Waals surface area contributed by atoms with Crippen LogP contribution in [0.3, 0.4) is 0 Å². The lowest BCUT2D eigenvalue weighted by atomic mass is 10.3. The molecule has 0 rings (SSSR count). The van der Waals surface area contributed by atoms with Crippen molar-refractivity contribution in [2.75, 3.05) is 36.2 Å². The summed E-state index contributed by atoms with van der Waals surface area (Å²) in [6, 6.07) is 0. The summed E-state index contributed by atoms with van der Waals surface area (Å²) in [6.45, 7) is -0.0414. The molecule has 2 N–H and O–H groups in total. The van der Waals surface area contributed by atoms with Gasteiger partial charge in [0.15, 0.2) is 0 Å². The average molecular weight is 256 g/mol. The van der Waals surface area contributed by atoms with E-state index in [0.29, 0.717) is 23.0 Å². The van der Waals surface area contributed by atoms with Gasteiger partial charge in [0.2, 0.25) is 0 Å². The van der Waals surface area contributed by atoms with Crippen LogP contribution in [0.15, 0.2) is 0 Å². The Balaban J connectivity index is 3.24. The van der Waals surface area contributed by atoms with Crippen molar-refractivity contribution in [2.45, 2.75) is 19.3 Å². The Hall–Kier alpha value is 0.220. The second-order valence-electron chi connectivity index (χ2n) is 3.20. The second kappa shape index (κ2) is 10.7. The van der Waals surface area contributed by atoms with E-state index in [2.05, 4.69) is 0 Å². The smallest absolute Gasteiger partial charge is 0.0546 e. The molecule has 0 saturated heterocycles. The molecule has 0 fully saturated rings. The summed E-state index contributed by atoms with van der Waals surface area (Å²) in [6.07, 6.45) is 2.61. The van der Waals surface area contributed by atoms with Crippen LogP contribution in [0, 0.1) is 0 Å². The summed E-state index contributed by atoms with van der Waals surface area (Å²) >= 11 is 0. The lowest BCUT2D eigenvalue weighted by molar-refractivity contribution is 0.321. The number of aliphatic hydroxyl groups excluding tert-OH is 2. The van der Waals surface area contributed by atoms with Gasteiger partial charge in [-0.3, -0.25) is 8.42 Å². The zero-order chi connectivity index (χ0) is 11.5. The molecule has 6 heteroatoms. The maximum absolute atomic E-state index is 11.1. The molecule has 2 atom stereocenters. The standard InChI is InChI=1S/C9H20O4S2/c10-4-8-14(12)6-2-1-3-7-15(13)9-5-11/h10-11H,1-9H2/t14-,15-/m0/s1. The van der Waals surface area contributed by atoms with Gasteiger partial charge in [-0.05, 0) is 12.8 Å². The van der Waals surface area contributed by atoms with Crippen molar-refractivity contribution in [1.29, 1.82) is 0 Å². The van der Waals surface area contributed by atoms with Crippen LogP contribution in [0.5, 0.6) is 0 Å². The summed E-state index contributed by atoms with van der Waals surface area (Å²) in [5.74, 6) is 1.95. The molecule has 0 aromatic rings. The largest absolute Gasteiger partial charge is 0.395 e. The number of rotatable bonds is 10. The van der Waals surface area contributed by atoms with E-state index in [1.807, 2.05) is 0 Å². The minimum atomic E-state index is -0.903. The number of hydrogen-bond donors (Lipinski definition) is 2. The highest BCUT2D eigenvalue weighted by molar-refractivity contribution is 7.85. The molecule has 92 valence electrons. The first-order valence-corrected chi connectivity index (χ1v) is 8.10. The SMILES string of the molecule is O=[S@](CCO)CCCCC[S@](=O)CCO. The van der Waals surface area contributed by atoms with Gasteiger partial charge in [0.25, 0.3) is 0 Å². The van der Waals surface area contributed by atoms with Crippen LogP contribution in [0.25, 0.3) is 0 Å². The van der Waals surface area contributed by atoms with E-state index >= 15 is 0 Å². The van der Waals surface area contributed by atoms with E-state index < -0.39 is 21.6 Å². The van der Waals surface area contributed by atoms with E-state index in [4.69, 9.17) is 10.2 Å². The van der Waals surface area contributed by atoms with Crippen LogP contribution in [-0.4, -0.2) is 54.9 Å². The third-order valence-corrected chi connectivity index (χ3v) is 4.65. The summed E-state index contributed by atoms with van der Waals surface area (Å²) in [5.41, 5.74) is 0. The van der Waals surface area contributed by atoms with E-state index in [1.165, 1.54) is 0 Å². The Kier molecular flexibility index (Phi) is 10.9. The minimum Gasteiger partial charge on any atom is -0.395 e. The zero-order valence-electron chi connectivity index (χ0n) is 8.89. The van der Waals surface area contributed by atoms with Crippen LogP contribution in [0.1, 0.15) is 19.3 Å². The molecule has 0 heterocycles. The molecule has 0 aliphatic heterocycles. The van der Waals surface area contributed by atoms with Gasteiger partial charge in [-0.25, -0.2) is 0 Å². The summed E-state index contributed by atoms with van der Waals surface area (Å²) in [4.78, 5) is 0. The average Bonchev–Trinajstić information content (AvgIpc) is 2.18. The minimum absolute atomic E-state index is 0.0207. The number of aliphatic hydroxyl groups is 2. The van der Waals surface area contributed by atoms with Crippen molar-refractivity contribution >= 4 is 21.6 Å². The maximum atomic E-state index is 11.1. The first-order valence-electron chi connectivity index (χ1n) is 5.12. The van der Waals surface area contributed by atoms with Crippen LogP contribution in [-0.2, 0) is 21.6 Å². The third-order valence-electron chi connectivity index (χ3n) is 1.88. The molecular weight excluding hydrogens is 236 g/mol. The van der Waals surface area contributed by atoms with Crippen LogP contribution in [0.4, 0.5) is 0 Å². The zero-order valence-corrected chi connectivity index (χ0v) is 10.5. The highest BCUT2D eigenvalue weighted by Crippen LogP contribution is 1.99. The lowest BCUT2D eigenvalue weighted by Gasteiger charge is -2.01. The molecule has 0 spiro atoms. The van der Waals surface area contributed by atoms with Crippen molar-refractivity contribution in [1.82, 2.24) is 0 Å². The van der Waals surface area contributed by atoms with Gasteiger partial charge >= 0.3 is 0 Å². The highest BCUT2D eigenvalue weighted by atomic mass is 32.2. The molecule has 0 aliphatic carbocycles. The Morgan fingerprint density at radius 3 is 1.40 bits per heavy atom. The topological polar surface area (TPSA) is 74.6 Å². The van der Waals surface area contributed by atoms with E-state index in [0.717, 1.165) is 19.3 Å². The van der Waals surface area contributed by atoms with Gasteiger partial charge in [0, 0.05) is 44.6 Å². The molecule has 4 nitrogen and oxygen atoms in total. The Morgan fingerprint density at radius 2 is 1.07 bits per heavy atom. The van der Waals surface area contributed by atoms with E-state index in [9.17, 15) is 8.42 Å². The predicted octanol–water partition coefficient (Wildman–Crippen LogP) is -0.361. The van der Waals surface area contributed by atoms with Crippen LogP contribution < -0.4 is 0 Å². The fourth-order valence-electron chi connectivity index (χ4n) is 1.11. The Labute approximate surface area is 96.0 Å². The molecule has 15 heavy (non-hydrogen) atoms. The first-order chi connectivity index (χ1) is 7.20. The molecule has 0 radical (unpaired) electrons. The van der Waals surface area contributed by atoms with Gasteiger partial charge < -0.3 is 10.2 Å². The normalized spacial score (nSPS) is 15.1. The van der Waals surface area contributed by atoms with Crippen molar-refractivity contribution in [3.63, 3.8) is 0 Å². The molecule has 0 saturated carbocycles. The van der Waals surface area contributed by atoms with Gasteiger partial charge in [0.1, 0.15) is 0 Å². The fourth-order valence-corrected chi connectivity index (χ4v) is 2.98. The predicted molar refractivity (Wildman–Crippen MR) is 63.8 cm³/mol. The van der Waals surface area contributed by atoms with Crippen LogP contribution in [0.2, 0.25) is 0 Å². The van der Waals surface area contributed by atoms with E-state index in [-0.39, 0.29) is 13.2 Å². The Bertz CT molecular complexity index is 177. The van der Waals surface area contributed by atoms with Gasteiger partial charge in [0.05, 0.1) is 13.2 Å². The van der Waals surface area contributed by atoms with Gasteiger partial charge in [-0.1, -0.05) is 6.42 Å². The van der Waals surface area contributed by atoms with Crippen LogP contribution >= 0.6 is 0 Å². The maximum Gasteiger partial charge on any atom is 0.0546 e. The van der Waals surface area contributed by atoms with Crippen molar-refractivity contribution < 1.29 is 18.6 Å².